The van der Waals surface area contributed by atoms with Crippen molar-refractivity contribution >= 4 is 54.3 Å². The molecule has 1 heterocycles. The molecule has 0 spiro atoms. The summed E-state index contributed by atoms with van der Waals surface area (Å²) in [6, 6.07) is -24.1. The highest BCUT2D eigenvalue weighted by Gasteiger charge is 2.36. The van der Waals surface area contributed by atoms with E-state index in [1.165, 1.54) is 13.8 Å². The van der Waals surface area contributed by atoms with E-state index < -0.39 is 262 Å². The molecule has 0 bridgehead atoms. The molecule has 1 nitrogen and oxygen atoms in total. The number of hydrogen-bond acceptors (Lipinski definition) is 1. The molecule has 11 rings (SSSR count). The van der Waals surface area contributed by atoms with Crippen LogP contribution in [-0.4, -0.2) is 0 Å². The third-order valence-electron chi connectivity index (χ3n) is 9.51. The van der Waals surface area contributed by atoms with Crippen LogP contribution in [0.2, 0.25) is 0 Å². The van der Waals surface area contributed by atoms with Crippen molar-refractivity contribution in [3.8, 4) is 44.5 Å². The molecule has 0 saturated heterocycles. The maximum Gasteiger partial charge on any atom is 0.136 e. The maximum atomic E-state index is 9.80. The zero-order chi connectivity index (χ0) is 58.9. The summed E-state index contributed by atoms with van der Waals surface area (Å²) < 4.78 is 262. The van der Waals surface area contributed by atoms with E-state index >= 15 is 0 Å². The van der Waals surface area contributed by atoms with E-state index in [4.69, 9.17) is 26.3 Å². The van der Waals surface area contributed by atoms with Crippen LogP contribution in [0, 0.1) is 0 Å². The second-order valence-corrected chi connectivity index (χ2v) is 12.6. The monoisotopic (exact) mass is 690 g/mol. The lowest BCUT2D eigenvalue weighted by Crippen LogP contribution is -2.14. The molecule has 1 aromatic heterocycles. The Bertz CT molecular complexity index is 4600. The van der Waals surface area contributed by atoms with E-state index in [-0.39, 0.29) is 22.3 Å². The van der Waals surface area contributed by atoms with Gasteiger partial charge in [0.1, 0.15) is 11.2 Å². The molecular formula is C51H34O. The van der Waals surface area contributed by atoms with E-state index in [0.717, 1.165) is 0 Å². The van der Waals surface area contributed by atoms with Crippen molar-refractivity contribution in [2.45, 2.75) is 19.3 Å². The second kappa shape index (κ2) is 10.8. The van der Waals surface area contributed by atoms with Crippen LogP contribution < -0.4 is 0 Å². The molecule has 0 aliphatic heterocycles. The lowest BCUT2D eigenvalue weighted by atomic mass is 9.82. The van der Waals surface area contributed by atoms with Crippen molar-refractivity contribution in [3.63, 3.8) is 0 Å². The van der Waals surface area contributed by atoms with E-state index in [2.05, 4.69) is 0 Å². The summed E-state index contributed by atoms with van der Waals surface area (Å²) in [5.74, 6) is 0. The third kappa shape index (κ3) is 4.05. The molecule has 0 N–H and O–H groups in total. The molecule has 9 aromatic carbocycles. The van der Waals surface area contributed by atoms with Crippen LogP contribution in [0.25, 0.3) is 98.8 Å². The first-order valence-corrected chi connectivity index (χ1v) is 15.9. The fourth-order valence-electron chi connectivity index (χ4n) is 7.20. The SMILES string of the molecule is [2H]c1c([2H])c([2H])c2c(c1[2H])-c1c(-c3c([2H])c([2H])c(-c4c5c([2H])c([2H])c([2H])c([2H])c5c(-c5c([2H])c([2H])c([2H])c6oc7c([2H])c8c([2H])c([2H])c([2H])c([2H])c8c([2H])c7c56)c5c([2H])c([2H])c([2H])c([2H])c45)c([2H])c3[2H])c([2H])c([2H])c([2H])c1C2(C)C. The molecular weight excluding hydrogens is 629 g/mol. The summed E-state index contributed by atoms with van der Waals surface area (Å²) in [6.07, 6.45) is 0. The van der Waals surface area contributed by atoms with Crippen molar-refractivity contribution < 1.29 is 42.8 Å². The van der Waals surface area contributed by atoms with Gasteiger partial charge in [-0.3, -0.25) is 0 Å². The first kappa shape index (κ1) is 13.0. The Morgan fingerprint density at radius 2 is 0.942 bits per heavy atom. The first-order valence-electron chi connectivity index (χ1n) is 29.9. The quantitative estimate of drug-likeness (QED) is 0.168. The highest BCUT2D eigenvalue weighted by Crippen LogP contribution is 2.52. The number of furan rings is 1. The molecule has 0 atom stereocenters. The van der Waals surface area contributed by atoms with Crippen LogP contribution >= 0.6 is 0 Å². The molecule has 1 aliphatic carbocycles. The molecule has 0 saturated carbocycles. The van der Waals surface area contributed by atoms with Crippen LogP contribution in [0.3, 0.4) is 0 Å². The van der Waals surface area contributed by atoms with Gasteiger partial charge in [-0.25, -0.2) is 0 Å². The summed E-state index contributed by atoms with van der Waals surface area (Å²) in [5, 5.41) is -4.97. The largest absolute Gasteiger partial charge is 0.456 e. The number of benzene rings is 9. The predicted molar refractivity (Wildman–Crippen MR) is 220 cm³/mol. The fraction of sp³-hybridized carbons (Fsp3) is 0.0588. The lowest BCUT2D eigenvalue weighted by molar-refractivity contribution is 0.660. The van der Waals surface area contributed by atoms with Gasteiger partial charge in [-0.2, -0.15) is 0 Å². The van der Waals surface area contributed by atoms with Crippen molar-refractivity contribution in [2.24, 2.45) is 0 Å². The third-order valence-corrected chi connectivity index (χ3v) is 9.51. The molecule has 10 aromatic rings. The van der Waals surface area contributed by atoms with Crippen LogP contribution in [0.5, 0.6) is 0 Å². The van der Waals surface area contributed by atoms with Crippen LogP contribution in [-0.2, 0) is 5.41 Å². The van der Waals surface area contributed by atoms with Gasteiger partial charge in [-0.1, -0.05) is 165 Å². The van der Waals surface area contributed by atoms with Gasteiger partial charge in [-0.15, -0.1) is 0 Å². The molecule has 0 radical (unpaired) electrons. The summed E-state index contributed by atoms with van der Waals surface area (Å²) >= 11 is 0. The second-order valence-electron chi connectivity index (χ2n) is 12.6. The molecule has 0 fully saturated rings. The van der Waals surface area contributed by atoms with Gasteiger partial charge < -0.3 is 4.42 Å². The maximum absolute atomic E-state index is 9.80. The van der Waals surface area contributed by atoms with Crippen LogP contribution in [0.4, 0.5) is 0 Å². The average molecular weight is 691 g/mol. The van der Waals surface area contributed by atoms with E-state index in [9.17, 15) is 16.4 Å². The zero-order valence-corrected chi connectivity index (χ0v) is 26.9. The Kier molecular flexibility index (Phi) is 2.69. The van der Waals surface area contributed by atoms with Crippen molar-refractivity contribution in [3.05, 3.63) is 180 Å². The van der Waals surface area contributed by atoms with Gasteiger partial charge in [0.15, 0.2) is 0 Å². The Hall–Kier alpha value is -6.44. The zero-order valence-electron chi connectivity index (χ0n) is 54.9. The minimum Gasteiger partial charge on any atom is -0.456 e. The van der Waals surface area contributed by atoms with Crippen molar-refractivity contribution in [1.82, 2.24) is 0 Å². The van der Waals surface area contributed by atoms with Gasteiger partial charge >= 0.3 is 0 Å². The molecule has 52 heavy (non-hydrogen) atoms. The Morgan fingerprint density at radius 1 is 0.404 bits per heavy atom. The number of hydrogen-bond donors (Lipinski definition) is 0. The van der Waals surface area contributed by atoms with E-state index in [1.54, 1.807) is 0 Å². The summed E-state index contributed by atoms with van der Waals surface area (Å²) in [7, 11) is 0. The first-order chi connectivity index (χ1) is 37.2. The Labute approximate surface area is 341 Å². The van der Waals surface area contributed by atoms with E-state index in [1.807, 2.05) is 0 Å². The topological polar surface area (TPSA) is 13.1 Å². The number of fused-ring (bicyclic) bond motifs is 9. The molecule has 0 unspecified atom stereocenters. The Balaban J connectivity index is 1.38. The van der Waals surface area contributed by atoms with Crippen LogP contribution in [0.1, 0.15) is 63.4 Å². The predicted octanol–water partition coefficient (Wildman–Crippen LogP) is 14.4. The van der Waals surface area contributed by atoms with Gasteiger partial charge in [-0.05, 0) is 106 Å². The molecule has 1 aliphatic rings. The van der Waals surface area contributed by atoms with Gasteiger partial charge in [0.2, 0.25) is 0 Å². The smallest absolute Gasteiger partial charge is 0.136 e. The van der Waals surface area contributed by atoms with Crippen molar-refractivity contribution in [2.75, 3.05) is 0 Å². The minimum atomic E-state index is -1.48. The van der Waals surface area contributed by atoms with Gasteiger partial charge in [0.25, 0.3) is 0 Å². The van der Waals surface area contributed by atoms with Gasteiger partial charge in [0.05, 0.1) is 38.4 Å². The average Bonchev–Trinajstić information content (AvgIpc) is 3.93. The fourth-order valence-corrected chi connectivity index (χ4v) is 7.20. The van der Waals surface area contributed by atoms with E-state index in [0.29, 0.717) is 0 Å². The molecule has 244 valence electrons. The Morgan fingerprint density at radius 3 is 1.67 bits per heavy atom. The highest BCUT2D eigenvalue weighted by molar-refractivity contribution is 6.26. The standard InChI is InChI=1S/C51H34O/c1-51(2)43-22-10-9-19-40(43)49-35(20-11-23-44(49)51)31-25-27-32(28-26-31)47-36-15-5-7-17-38(36)48(39-18-8-6-16-37(39)47)41-21-12-24-45-50(41)42-29-33-13-3-4-14-34(33)30-46(42)52-45/h3-30H,1-2H3/i3D,4D,5D,6D,7D,8D,9D,10D,11D,12D,13D,14D,15D,16D,17D,18D,19D,20D,21D,22D,23D,24D,25D,26D,27D,28D,29D,30D. The van der Waals surface area contributed by atoms with Crippen LogP contribution in [0.15, 0.2) is 174 Å². The molecule has 1 heteroatoms. The van der Waals surface area contributed by atoms with Crippen molar-refractivity contribution in [1.29, 1.82) is 0 Å². The highest BCUT2D eigenvalue weighted by atomic mass is 16.3. The van der Waals surface area contributed by atoms with Gasteiger partial charge in [0, 0.05) is 16.2 Å². The number of rotatable bonds is 3. The minimum absolute atomic E-state index is 0.0434. The summed E-state index contributed by atoms with van der Waals surface area (Å²) in [4.78, 5) is 0. The summed E-state index contributed by atoms with van der Waals surface area (Å²) in [5.41, 5.74) is -7.56. The summed E-state index contributed by atoms with van der Waals surface area (Å²) in [6.45, 7) is 3.04. The lowest BCUT2D eigenvalue weighted by Gasteiger charge is -2.21. The molecule has 0 amide bonds. The normalized spacial score (nSPS) is 20.9.